The van der Waals surface area contributed by atoms with Gasteiger partial charge in [-0.3, -0.25) is 4.98 Å². The molecule has 2 aromatic rings. The summed E-state index contributed by atoms with van der Waals surface area (Å²) >= 11 is 0. The molecule has 2 rings (SSSR count). The van der Waals surface area contributed by atoms with E-state index in [-0.39, 0.29) is 12.1 Å². The van der Waals surface area contributed by atoms with Crippen LogP contribution in [0.2, 0.25) is 0 Å². The molecule has 0 unspecified atom stereocenters. The summed E-state index contributed by atoms with van der Waals surface area (Å²) in [4.78, 5) is 16.0. The lowest BCUT2D eigenvalue weighted by Crippen LogP contribution is -2.36. The Morgan fingerprint density at radius 1 is 1.40 bits per heavy atom. The molecule has 0 spiro atoms. The van der Waals surface area contributed by atoms with Crippen molar-refractivity contribution in [2.75, 3.05) is 0 Å². The second kappa shape index (κ2) is 6.23. The van der Waals surface area contributed by atoms with Gasteiger partial charge in [0.2, 0.25) is 0 Å². The largest absolute Gasteiger partial charge is 0.466 e. The topological polar surface area (TPSA) is 67.2 Å². The minimum Gasteiger partial charge on any atom is -0.466 e. The predicted molar refractivity (Wildman–Crippen MR) is 76.2 cm³/mol. The number of carbonyl (C=O) groups is 1. The fraction of sp³-hybridized carbons (Fsp3) is 0.333. The standard InChI is InChI=1S/C15H19N3O2/c1-10-8-14(12(3)20-10)11(2)18-15(19)17-9-13-6-4-5-7-16-13/h4-8,11H,9H2,1-3H3,(H2,17,18,19)/t11-/m1/s1. The van der Waals surface area contributed by atoms with E-state index in [1.54, 1.807) is 6.20 Å². The average molecular weight is 273 g/mol. The van der Waals surface area contributed by atoms with Crippen molar-refractivity contribution in [1.82, 2.24) is 15.6 Å². The summed E-state index contributed by atoms with van der Waals surface area (Å²) in [7, 11) is 0. The van der Waals surface area contributed by atoms with Gasteiger partial charge in [-0.1, -0.05) is 6.07 Å². The van der Waals surface area contributed by atoms with Gasteiger partial charge in [0.15, 0.2) is 0 Å². The van der Waals surface area contributed by atoms with Crippen LogP contribution in [0.15, 0.2) is 34.9 Å². The van der Waals surface area contributed by atoms with E-state index < -0.39 is 0 Å². The van der Waals surface area contributed by atoms with Gasteiger partial charge >= 0.3 is 6.03 Å². The average Bonchev–Trinajstić information content (AvgIpc) is 2.77. The number of nitrogens with one attached hydrogen (secondary N) is 2. The number of nitrogens with zero attached hydrogens (tertiary/aromatic N) is 1. The number of hydrogen-bond acceptors (Lipinski definition) is 3. The number of rotatable bonds is 4. The van der Waals surface area contributed by atoms with Crippen LogP contribution in [0.25, 0.3) is 0 Å². The van der Waals surface area contributed by atoms with E-state index in [0.29, 0.717) is 6.54 Å². The Balaban J connectivity index is 1.87. The van der Waals surface area contributed by atoms with Crippen LogP contribution in [0.5, 0.6) is 0 Å². The molecule has 2 N–H and O–H groups in total. The third kappa shape index (κ3) is 3.60. The molecule has 0 radical (unpaired) electrons. The minimum atomic E-state index is -0.221. The van der Waals surface area contributed by atoms with Crippen LogP contribution in [0.1, 0.15) is 35.7 Å². The number of urea groups is 1. The molecular formula is C15H19N3O2. The van der Waals surface area contributed by atoms with Gasteiger partial charge in [-0.25, -0.2) is 4.79 Å². The molecule has 2 aromatic heterocycles. The maximum absolute atomic E-state index is 11.8. The molecule has 1 atom stereocenters. The molecule has 0 aromatic carbocycles. The SMILES string of the molecule is Cc1cc([C@@H](C)NC(=O)NCc2ccccn2)c(C)o1. The van der Waals surface area contributed by atoms with Crippen molar-refractivity contribution >= 4 is 6.03 Å². The summed E-state index contributed by atoms with van der Waals surface area (Å²) in [6, 6.07) is 7.22. The van der Waals surface area contributed by atoms with Crippen LogP contribution in [-0.4, -0.2) is 11.0 Å². The zero-order valence-electron chi connectivity index (χ0n) is 11.9. The van der Waals surface area contributed by atoms with Crippen molar-refractivity contribution in [3.63, 3.8) is 0 Å². The van der Waals surface area contributed by atoms with E-state index in [4.69, 9.17) is 4.42 Å². The number of pyridine rings is 1. The number of aryl methyl sites for hydroxylation is 2. The molecule has 0 bridgehead atoms. The number of furan rings is 1. The first-order chi connectivity index (χ1) is 9.56. The molecule has 0 aliphatic heterocycles. The highest BCUT2D eigenvalue weighted by Gasteiger charge is 2.14. The fourth-order valence-corrected chi connectivity index (χ4v) is 2.08. The van der Waals surface area contributed by atoms with E-state index in [9.17, 15) is 4.79 Å². The first kappa shape index (κ1) is 14.1. The Bertz CT molecular complexity index is 578. The Morgan fingerprint density at radius 2 is 2.20 bits per heavy atom. The van der Waals surface area contributed by atoms with Gasteiger partial charge in [0, 0.05) is 11.8 Å². The minimum absolute atomic E-state index is 0.101. The number of carbonyl (C=O) groups excluding carboxylic acids is 1. The van der Waals surface area contributed by atoms with E-state index in [0.717, 1.165) is 22.8 Å². The van der Waals surface area contributed by atoms with Crippen LogP contribution < -0.4 is 10.6 Å². The van der Waals surface area contributed by atoms with Gasteiger partial charge in [-0.2, -0.15) is 0 Å². The van der Waals surface area contributed by atoms with Gasteiger partial charge in [-0.15, -0.1) is 0 Å². The molecule has 106 valence electrons. The van der Waals surface area contributed by atoms with Crippen molar-refractivity contribution < 1.29 is 9.21 Å². The van der Waals surface area contributed by atoms with Crippen LogP contribution in [0.3, 0.4) is 0 Å². The second-order valence-electron chi connectivity index (χ2n) is 4.74. The molecular weight excluding hydrogens is 254 g/mol. The Kier molecular flexibility index (Phi) is 4.40. The normalized spacial score (nSPS) is 11.9. The van der Waals surface area contributed by atoms with E-state index in [1.807, 2.05) is 45.0 Å². The maximum atomic E-state index is 11.8. The second-order valence-corrected chi connectivity index (χ2v) is 4.74. The Morgan fingerprint density at radius 3 is 2.80 bits per heavy atom. The van der Waals surface area contributed by atoms with Crippen molar-refractivity contribution in [2.45, 2.75) is 33.4 Å². The Hall–Kier alpha value is -2.30. The zero-order valence-corrected chi connectivity index (χ0v) is 11.9. The summed E-state index contributed by atoms with van der Waals surface area (Å²) in [6.07, 6.45) is 1.70. The van der Waals surface area contributed by atoms with Crippen LogP contribution in [0, 0.1) is 13.8 Å². The molecule has 0 fully saturated rings. The van der Waals surface area contributed by atoms with Gasteiger partial charge in [-0.05, 0) is 39.0 Å². The number of aromatic nitrogens is 1. The lowest BCUT2D eigenvalue weighted by molar-refractivity contribution is 0.237. The summed E-state index contributed by atoms with van der Waals surface area (Å²) in [6.45, 7) is 6.12. The lowest BCUT2D eigenvalue weighted by atomic mass is 10.1. The smallest absolute Gasteiger partial charge is 0.315 e. The zero-order chi connectivity index (χ0) is 14.5. The van der Waals surface area contributed by atoms with Crippen molar-refractivity contribution in [3.05, 3.63) is 53.2 Å². The van der Waals surface area contributed by atoms with E-state index >= 15 is 0 Å². The van der Waals surface area contributed by atoms with Crippen molar-refractivity contribution in [2.24, 2.45) is 0 Å². The van der Waals surface area contributed by atoms with Crippen molar-refractivity contribution in [3.8, 4) is 0 Å². The van der Waals surface area contributed by atoms with Gasteiger partial charge < -0.3 is 15.1 Å². The first-order valence-corrected chi connectivity index (χ1v) is 6.57. The van der Waals surface area contributed by atoms with Gasteiger partial charge in [0.1, 0.15) is 11.5 Å². The quantitative estimate of drug-likeness (QED) is 0.900. The number of hydrogen-bond donors (Lipinski definition) is 2. The summed E-state index contributed by atoms with van der Waals surface area (Å²) in [5.41, 5.74) is 1.82. The molecule has 5 nitrogen and oxygen atoms in total. The van der Waals surface area contributed by atoms with Crippen molar-refractivity contribution in [1.29, 1.82) is 0 Å². The van der Waals surface area contributed by atoms with Crippen LogP contribution in [0.4, 0.5) is 4.79 Å². The fourth-order valence-electron chi connectivity index (χ4n) is 2.08. The van der Waals surface area contributed by atoms with Crippen LogP contribution in [-0.2, 0) is 6.54 Å². The molecule has 0 saturated heterocycles. The summed E-state index contributed by atoms with van der Waals surface area (Å²) < 4.78 is 5.46. The summed E-state index contributed by atoms with van der Waals surface area (Å²) in [5.74, 6) is 1.68. The maximum Gasteiger partial charge on any atom is 0.315 e. The van der Waals surface area contributed by atoms with Gasteiger partial charge in [0.25, 0.3) is 0 Å². The molecule has 0 aliphatic carbocycles. The highest BCUT2D eigenvalue weighted by molar-refractivity contribution is 5.74. The molecule has 2 heterocycles. The van der Waals surface area contributed by atoms with E-state index in [2.05, 4.69) is 15.6 Å². The lowest BCUT2D eigenvalue weighted by Gasteiger charge is -2.14. The highest BCUT2D eigenvalue weighted by Crippen LogP contribution is 2.20. The molecule has 20 heavy (non-hydrogen) atoms. The predicted octanol–water partition coefficient (Wildman–Crippen LogP) is 2.85. The monoisotopic (exact) mass is 273 g/mol. The Labute approximate surface area is 118 Å². The van der Waals surface area contributed by atoms with Gasteiger partial charge in [0.05, 0.1) is 18.3 Å². The molecule has 2 amide bonds. The highest BCUT2D eigenvalue weighted by atomic mass is 16.3. The molecule has 0 aliphatic rings. The third-order valence-electron chi connectivity index (χ3n) is 3.05. The summed E-state index contributed by atoms with van der Waals surface area (Å²) in [5, 5.41) is 5.67. The number of amides is 2. The molecule has 0 saturated carbocycles. The van der Waals surface area contributed by atoms with Crippen LogP contribution >= 0.6 is 0 Å². The van der Waals surface area contributed by atoms with E-state index in [1.165, 1.54) is 0 Å². The third-order valence-corrected chi connectivity index (χ3v) is 3.05. The molecule has 5 heteroatoms. The first-order valence-electron chi connectivity index (χ1n) is 6.57.